The van der Waals surface area contributed by atoms with Gasteiger partial charge in [-0.25, -0.2) is 15.0 Å². The Kier molecular flexibility index (Phi) is 6.79. The van der Waals surface area contributed by atoms with Crippen molar-refractivity contribution in [3.63, 3.8) is 0 Å². The number of rotatable bonds is 4. The largest absolute Gasteiger partial charge is 0.208 e. The van der Waals surface area contributed by atoms with Gasteiger partial charge in [0.15, 0.2) is 17.5 Å². The van der Waals surface area contributed by atoms with Crippen molar-refractivity contribution in [2.75, 3.05) is 0 Å². The van der Waals surface area contributed by atoms with Crippen LogP contribution in [0.3, 0.4) is 0 Å². The van der Waals surface area contributed by atoms with Crippen LogP contribution in [-0.2, 0) is 17.3 Å². The molecule has 0 amide bonds. The van der Waals surface area contributed by atoms with Gasteiger partial charge >= 0.3 is 0 Å². The second-order valence-electron chi connectivity index (χ2n) is 16.7. The first kappa shape index (κ1) is 32.5. The van der Waals surface area contributed by atoms with Crippen LogP contribution in [0.25, 0.3) is 45.8 Å². The van der Waals surface area contributed by atoms with Crippen LogP contribution < -0.4 is 0 Å². The van der Waals surface area contributed by atoms with Crippen molar-refractivity contribution >= 4 is 11.6 Å². The van der Waals surface area contributed by atoms with Crippen LogP contribution in [0.5, 0.6) is 0 Å². The molecular weight excluding hydrogens is 691 g/mol. The SMILES string of the molecule is CC1(C)c2ccccc2/C=C(\c2cccc3c2C2c4c(-c5nc(-c6ccccc6)nc(-c6ccccc6)n5)cccc4C4c5ccccc5C342)Cc2ccccc21. The Hall–Kier alpha value is -6.71. The monoisotopic (exact) mass is 729 g/mol. The third-order valence-electron chi connectivity index (χ3n) is 13.5. The van der Waals surface area contributed by atoms with Gasteiger partial charge in [0.1, 0.15) is 0 Å². The Morgan fingerprint density at radius 2 is 1.00 bits per heavy atom. The molecule has 3 unspecified atom stereocenters. The summed E-state index contributed by atoms with van der Waals surface area (Å²) in [6.45, 7) is 4.75. The van der Waals surface area contributed by atoms with Gasteiger partial charge < -0.3 is 0 Å². The zero-order valence-electron chi connectivity index (χ0n) is 31.9. The maximum atomic E-state index is 5.30. The fourth-order valence-corrected chi connectivity index (χ4v) is 11.2. The molecule has 1 spiro atoms. The van der Waals surface area contributed by atoms with E-state index in [9.17, 15) is 0 Å². The summed E-state index contributed by atoms with van der Waals surface area (Å²) in [4.78, 5) is 15.7. The summed E-state index contributed by atoms with van der Waals surface area (Å²) in [6, 6.07) is 61.8. The topological polar surface area (TPSA) is 38.7 Å². The Morgan fingerprint density at radius 1 is 0.439 bits per heavy atom. The van der Waals surface area contributed by atoms with Crippen LogP contribution in [0.15, 0.2) is 170 Å². The fourth-order valence-electron chi connectivity index (χ4n) is 11.2. The highest BCUT2D eigenvalue weighted by molar-refractivity contribution is 5.92. The molecule has 0 radical (unpaired) electrons. The molecule has 3 heteroatoms. The average molecular weight is 730 g/mol. The Morgan fingerprint density at radius 3 is 1.75 bits per heavy atom. The highest BCUT2D eigenvalue weighted by atomic mass is 15.0. The van der Waals surface area contributed by atoms with Gasteiger partial charge in [-0.3, -0.25) is 0 Å². The smallest absolute Gasteiger partial charge is 0.164 e. The number of nitrogens with zero attached hydrogens (tertiary/aromatic N) is 3. The quantitative estimate of drug-likeness (QED) is 0.181. The van der Waals surface area contributed by atoms with E-state index in [0.717, 1.165) is 28.9 Å². The number of benzene rings is 7. The van der Waals surface area contributed by atoms with Gasteiger partial charge in [0, 0.05) is 39.4 Å². The minimum absolute atomic E-state index is 0.120. The lowest BCUT2D eigenvalue weighted by Gasteiger charge is -2.59. The highest BCUT2D eigenvalue weighted by Crippen LogP contribution is 2.78. The highest BCUT2D eigenvalue weighted by Gasteiger charge is 2.70. The second kappa shape index (κ2) is 11.9. The predicted octanol–water partition coefficient (Wildman–Crippen LogP) is 12.2. The van der Waals surface area contributed by atoms with Crippen LogP contribution in [0.4, 0.5) is 0 Å². The van der Waals surface area contributed by atoms with Crippen molar-refractivity contribution in [1.29, 1.82) is 0 Å². The van der Waals surface area contributed by atoms with Crippen LogP contribution in [0.2, 0.25) is 0 Å². The molecule has 3 nitrogen and oxygen atoms in total. The molecule has 4 aliphatic carbocycles. The summed E-state index contributed by atoms with van der Waals surface area (Å²) in [6.07, 6.45) is 3.36. The molecule has 0 N–H and O–H groups in total. The molecule has 7 aromatic carbocycles. The molecule has 0 saturated heterocycles. The lowest BCUT2D eigenvalue weighted by atomic mass is 9.42. The van der Waals surface area contributed by atoms with Gasteiger partial charge in [0.25, 0.3) is 0 Å². The molecule has 0 bridgehead atoms. The van der Waals surface area contributed by atoms with Crippen LogP contribution in [0.1, 0.15) is 86.9 Å². The molecule has 57 heavy (non-hydrogen) atoms. The van der Waals surface area contributed by atoms with Crippen molar-refractivity contribution < 1.29 is 0 Å². The van der Waals surface area contributed by atoms with Gasteiger partial charge in [0.2, 0.25) is 0 Å². The van der Waals surface area contributed by atoms with Gasteiger partial charge in [-0.1, -0.05) is 190 Å². The predicted molar refractivity (Wildman–Crippen MR) is 230 cm³/mol. The molecule has 12 rings (SSSR count). The third kappa shape index (κ3) is 4.40. The molecule has 1 heterocycles. The Labute approximate surface area is 333 Å². The first-order valence-corrected chi connectivity index (χ1v) is 20.1. The van der Waals surface area contributed by atoms with Gasteiger partial charge in [-0.2, -0.15) is 0 Å². The molecule has 3 atom stereocenters. The summed E-state index contributed by atoms with van der Waals surface area (Å²) in [5.74, 6) is 2.52. The summed E-state index contributed by atoms with van der Waals surface area (Å²) >= 11 is 0. The van der Waals surface area contributed by atoms with Gasteiger partial charge in [0.05, 0.1) is 0 Å². The molecule has 0 saturated carbocycles. The average Bonchev–Trinajstić information content (AvgIpc) is 3.47. The van der Waals surface area contributed by atoms with E-state index in [1.165, 1.54) is 66.8 Å². The van der Waals surface area contributed by atoms with Crippen molar-refractivity contribution in [1.82, 2.24) is 15.0 Å². The number of hydrogen-bond acceptors (Lipinski definition) is 3. The van der Waals surface area contributed by atoms with Crippen LogP contribution >= 0.6 is 0 Å². The van der Waals surface area contributed by atoms with E-state index in [-0.39, 0.29) is 22.7 Å². The first-order valence-electron chi connectivity index (χ1n) is 20.1. The summed E-state index contributed by atoms with van der Waals surface area (Å²) in [5.41, 5.74) is 19.5. The maximum absolute atomic E-state index is 5.30. The molecule has 4 aliphatic rings. The Bertz CT molecular complexity index is 2920. The Balaban J connectivity index is 1.11. The lowest BCUT2D eigenvalue weighted by molar-refractivity contribution is 0.332. The summed E-state index contributed by atoms with van der Waals surface area (Å²) < 4.78 is 0. The number of allylic oxidation sites excluding steroid dienone is 1. The van der Waals surface area contributed by atoms with Gasteiger partial charge in [-0.15, -0.1) is 0 Å². The molecular formula is C54H39N3. The van der Waals surface area contributed by atoms with E-state index in [0.29, 0.717) is 11.6 Å². The standard InChI is InChI=1S/C54H39N3/c1-53(2)42-27-12-9-21-35(42)31-37(32-36-22-10-13-28-43(36)53)38-24-16-30-45-47(38)49-46-40(48-39-23-11-14-29-44(39)54(45,48)49)25-15-26-41(46)52-56-50(33-17-5-3-6-18-33)55-51(57-52)34-19-7-4-8-20-34/h3-31,48-49H,32H2,1-2H3/b37-31-. The van der Waals surface area contributed by atoms with E-state index in [1.54, 1.807) is 0 Å². The van der Waals surface area contributed by atoms with Crippen molar-refractivity contribution in [3.8, 4) is 34.2 Å². The zero-order chi connectivity index (χ0) is 37.9. The number of fused-ring (bicyclic) bond motifs is 9. The van der Waals surface area contributed by atoms with Crippen molar-refractivity contribution in [2.24, 2.45) is 0 Å². The van der Waals surface area contributed by atoms with E-state index >= 15 is 0 Å². The number of aromatic nitrogens is 3. The first-order chi connectivity index (χ1) is 28.0. The molecule has 1 aromatic heterocycles. The molecule has 0 fully saturated rings. The van der Waals surface area contributed by atoms with Crippen molar-refractivity contribution in [3.05, 3.63) is 231 Å². The van der Waals surface area contributed by atoms with Crippen LogP contribution in [-0.4, -0.2) is 15.0 Å². The maximum Gasteiger partial charge on any atom is 0.164 e. The molecule has 270 valence electrons. The van der Waals surface area contributed by atoms with E-state index in [2.05, 4.69) is 178 Å². The number of hydrogen-bond donors (Lipinski definition) is 0. The second-order valence-corrected chi connectivity index (χ2v) is 16.7. The van der Waals surface area contributed by atoms with Gasteiger partial charge in [-0.05, 0) is 73.2 Å². The zero-order valence-corrected chi connectivity index (χ0v) is 31.9. The van der Waals surface area contributed by atoms with Crippen LogP contribution in [0, 0.1) is 0 Å². The minimum atomic E-state index is -0.127. The lowest BCUT2D eigenvalue weighted by Crippen LogP contribution is -2.53. The van der Waals surface area contributed by atoms with E-state index in [4.69, 9.17) is 15.0 Å². The fraction of sp³-hybridized carbons (Fsp3) is 0.130. The third-order valence-corrected chi connectivity index (χ3v) is 13.5. The minimum Gasteiger partial charge on any atom is -0.208 e. The van der Waals surface area contributed by atoms with Crippen molar-refractivity contribution in [2.45, 2.75) is 42.9 Å². The summed E-state index contributed by atoms with van der Waals surface area (Å²) in [7, 11) is 0. The normalized spacial score (nSPS) is 20.9. The van der Waals surface area contributed by atoms with E-state index < -0.39 is 0 Å². The molecule has 0 aliphatic heterocycles. The van der Waals surface area contributed by atoms with E-state index in [1.807, 2.05) is 12.1 Å². The molecule has 8 aromatic rings. The summed E-state index contributed by atoms with van der Waals surface area (Å²) in [5, 5.41) is 0.